The normalized spacial score (nSPS) is 20.7. The molecule has 1 saturated carbocycles. The molecule has 3 rings (SSSR count). The molecule has 2 unspecified atom stereocenters. The number of benzene rings is 1. The molecule has 1 aromatic carbocycles. The molecule has 1 fully saturated rings. The van der Waals surface area contributed by atoms with Crippen molar-refractivity contribution in [1.29, 1.82) is 0 Å². The van der Waals surface area contributed by atoms with E-state index in [0.717, 1.165) is 25.7 Å². The summed E-state index contributed by atoms with van der Waals surface area (Å²) in [5.74, 6) is 1.25. The maximum absolute atomic E-state index is 12.5. The van der Waals surface area contributed by atoms with Crippen LogP contribution in [0.25, 0.3) is 0 Å². The van der Waals surface area contributed by atoms with Crippen molar-refractivity contribution < 1.29 is 9.53 Å². The second-order valence-corrected chi connectivity index (χ2v) is 5.90. The van der Waals surface area contributed by atoms with E-state index in [9.17, 15) is 4.79 Å². The summed E-state index contributed by atoms with van der Waals surface area (Å²) in [6.45, 7) is 0. The van der Waals surface area contributed by atoms with Gasteiger partial charge in [-0.3, -0.25) is 9.78 Å². The Labute approximate surface area is 135 Å². The Morgan fingerprint density at radius 3 is 2.83 bits per heavy atom. The van der Waals surface area contributed by atoms with Gasteiger partial charge in [0.2, 0.25) is 5.91 Å². The Balaban J connectivity index is 1.71. The highest BCUT2D eigenvalue weighted by Crippen LogP contribution is 2.30. The molecule has 1 amide bonds. The monoisotopic (exact) mass is 311 g/mol. The number of nitrogens with one attached hydrogen (secondary N) is 1. The van der Waals surface area contributed by atoms with E-state index in [1.54, 1.807) is 18.5 Å². The van der Waals surface area contributed by atoms with Gasteiger partial charge >= 0.3 is 0 Å². The summed E-state index contributed by atoms with van der Waals surface area (Å²) in [4.78, 5) is 16.5. The summed E-state index contributed by atoms with van der Waals surface area (Å²) in [5, 5.41) is 2.94. The fourth-order valence-corrected chi connectivity index (χ4v) is 2.88. The summed E-state index contributed by atoms with van der Waals surface area (Å²) in [5.41, 5.74) is 6.56. The molecule has 1 heterocycles. The second kappa shape index (κ2) is 7.24. The number of nitrogens with two attached hydrogens (primary N) is 1. The zero-order valence-corrected chi connectivity index (χ0v) is 12.9. The third-order valence-electron chi connectivity index (χ3n) is 4.10. The number of rotatable bonds is 4. The fourth-order valence-electron chi connectivity index (χ4n) is 2.88. The van der Waals surface area contributed by atoms with E-state index in [0.29, 0.717) is 17.2 Å². The van der Waals surface area contributed by atoms with Crippen molar-refractivity contribution in [3.05, 3.63) is 48.8 Å². The minimum absolute atomic E-state index is 0.00828. The van der Waals surface area contributed by atoms with E-state index < -0.39 is 0 Å². The molecule has 3 N–H and O–H groups in total. The molecule has 2 aromatic rings. The third-order valence-corrected chi connectivity index (χ3v) is 4.10. The van der Waals surface area contributed by atoms with Gasteiger partial charge in [0.15, 0.2) is 5.75 Å². The highest BCUT2D eigenvalue weighted by molar-refractivity contribution is 5.93. The highest BCUT2D eigenvalue weighted by Gasteiger charge is 2.26. The smallest absolute Gasteiger partial charge is 0.227 e. The van der Waals surface area contributed by atoms with Crippen LogP contribution in [-0.2, 0) is 4.79 Å². The van der Waals surface area contributed by atoms with E-state index in [4.69, 9.17) is 10.5 Å². The summed E-state index contributed by atoms with van der Waals surface area (Å²) in [6, 6.07) is 11.3. The lowest BCUT2D eigenvalue weighted by Gasteiger charge is -2.25. The molecule has 0 radical (unpaired) electrons. The molecule has 5 nitrogen and oxygen atoms in total. The Hall–Kier alpha value is -2.40. The minimum atomic E-state index is -0.0384. The number of anilines is 1. The number of carbonyl (C=O) groups excluding carboxylic acids is 1. The molecule has 120 valence electrons. The maximum atomic E-state index is 12.5. The number of hydrogen-bond acceptors (Lipinski definition) is 4. The lowest BCUT2D eigenvalue weighted by atomic mass is 9.85. The van der Waals surface area contributed by atoms with Crippen molar-refractivity contribution in [1.82, 2.24) is 4.98 Å². The van der Waals surface area contributed by atoms with Crippen LogP contribution in [0.3, 0.4) is 0 Å². The van der Waals surface area contributed by atoms with Gasteiger partial charge in [0, 0.05) is 24.2 Å². The number of para-hydroxylation sites is 1. The first kappa shape index (κ1) is 15.5. The Morgan fingerprint density at radius 1 is 1.22 bits per heavy atom. The van der Waals surface area contributed by atoms with Crippen molar-refractivity contribution in [3.8, 4) is 11.5 Å². The number of pyridine rings is 1. The summed E-state index contributed by atoms with van der Waals surface area (Å²) in [6.07, 6.45) is 6.87. The van der Waals surface area contributed by atoms with E-state index in [1.807, 2.05) is 30.3 Å². The van der Waals surface area contributed by atoms with Crippen molar-refractivity contribution >= 4 is 11.6 Å². The molecule has 0 aliphatic heterocycles. The lowest BCUT2D eigenvalue weighted by molar-refractivity contribution is -0.120. The number of ether oxygens (including phenoxy) is 1. The highest BCUT2D eigenvalue weighted by atomic mass is 16.5. The van der Waals surface area contributed by atoms with Gasteiger partial charge in [-0.2, -0.15) is 0 Å². The Kier molecular flexibility index (Phi) is 4.88. The lowest BCUT2D eigenvalue weighted by Crippen LogP contribution is -2.34. The van der Waals surface area contributed by atoms with Crippen molar-refractivity contribution in [2.75, 3.05) is 5.32 Å². The van der Waals surface area contributed by atoms with Gasteiger partial charge in [0.1, 0.15) is 11.4 Å². The van der Waals surface area contributed by atoms with Crippen LogP contribution < -0.4 is 15.8 Å². The Bertz CT molecular complexity index is 660. The molecule has 2 atom stereocenters. The van der Waals surface area contributed by atoms with Crippen molar-refractivity contribution in [3.63, 3.8) is 0 Å². The first-order valence-corrected chi connectivity index (χ1v) is 7.96. The number of nitrogens with zero attached hydrogens (tertiary/aromatic N) is 1. The Morgan fingerprint density at radius 2 is 2.04 bits per heavy atom. The quantitative estimate of drug-likeness (QED) is 0.908. The van der Waals surface area contributed by atoms with Crippen LogP contribution in [0.2, 0.25) is 0 Å². The molecule has 23 heavy (non-hydrogen) atoms. The average molecular weight is 311 g/mol. The van der Waals surface area contributed by atoms with E-state index in [-0.39, 0.29) is 17.9 Å². The van der Waals surface area contributed by atoms with E-state index in [2.05, 4.69) is 10.3 Å². The first-order chi connectivity index (χ1) is 11.2. The topological polar surface area (TPSA) is 77.2 Å². The zero-order valence-electron chi connectivity index (χ0n) is 12.9. The van der Waals surface area contributed by atoms with Crippen LogP contribution in [0, 0.1) is 5.92 Å². The maximum Gasteiger partial charge on any atom is 0.227 e. The van der Waals surface area contributed by atoms with Crippen LogP contribution in [0.4, 0.5) is 5.69 Å². The standard InChI is InChI=1S/C18H21N3O2/c19-14-6-4-5-13(11-14)18(22)21-16-12-20-10-9-17(16)23-15-7-2-1-3-8-15/h1-3,7-10,12-14H,4-6,11,19H2,(H,21,22). The average Bonchev–Trinajstić information content (AvgIpc) is 2.57. The molecule has 5 heteroatoms. The first-order valence-electron chi connectivity index (χ1n) is 7.96. The summed E-state index contributed by atoms with van der Waals surface area (Å²) in [7, 11) is 0. The summed E-state index contributed by atoms with van der Waals surface area (Å²) >= 11 is 0. The van der Waals surface area contributed by atoms with Gasteiger partial charge in [0.25, 0.3) is 0 Å². The van der Waals surface area contributed by atoms with E-state index >= 15 is 0 Å². The van der Waals surface area contributed by atoms with Crippen LogP contribution >= 0.6 is 0 Å². The van der Waals surface area contributed by atoms with Crippen molar-refractivity contribution in [2.24, 2.45) is 11.7 Å². The third kappa shape index (κ3) is 4.07. The number of hydrogen-bond donors (Lipinski definition) is 2. The zero-order chi connectivity index (χ0) is 16.1. The van der Waals surface area contributed by atoms with Crippen LogP contribution in [0.1, 0.15) is 25.7 Å². The predicted octanol–water partition coefficient (Wildman–Crippen LogP) is 3.33. The molecular formula is C18H21N3O2. The van der Waals surface area contributed by atoms with Gasteiger partial charge in [-0.25, -0.2) is 0 Å². The number of aromatic nitrogens is 1. The molecule has 0 bridgehead atoms. The van der Waals surface area contributed by atoms with Crippen LogP contribution in [0.15, 0.2) is 48.8 Å². The second-order valence-electron chi connectivity index (χ2n) is 5.90. The van der Waals surface area contributed by atoms with Gasteiger partial charge in [0.05, 0.1) is 6.20 Å². The molecular weight excluding hydrogens is 290 g/mol. The molecule has 1 aliphatic carbocycles. The number of carbonyl (C=O) groups is 1. The molecule has 1 aromatic heterocycles. The van der Waals surface area contributed by atoms with Gasteiger partial charge in [-0.1, -0.05) is 24.6 Å². The molecule has 0 saturated heterocycles. The molecule has 0 spiro atoms. The van der Waals surface area contributed by atoms with Gasteiger partial charge in [-0.05, 0) is 31.4 Å². The largest absolute Gasteiger partial charge is 0.455 e. The SMILES string of the molecule is NC1CCCC(C(=O)Nc2cnccc2Oc2ccccc2)C1. The molecule has 1 aliphatic rings. The number of amides is 1. The minimum Gasteiger partial charge on any atom is -0.455 e. The summed E-state index contributed by atoms with van der Waals surface area (Å²) < 4.78 is 5.84. The van der Waals surface area contributed by atoms with Gasteiger partial charge in [-0.15, -0.1) is 0 Å². The predicted molar refractivity (Wildman–Crippen MR) is 89.3 cm³/mol. The van der Waals surface area contributed by atoms with Gasteiger partial charge < -0.3 is 15.8 Å². The van der Waals surface area contributed by atoms with Crippen LogP contribution in [-0.4, -0.2) is 16.9 Å². The fraction of sp³-hybridized carbons (Fsp3) is 0.333. The van der Waals surface area contributed by atoms with Crippen LogP contribution in [0.5, 0.6) is 11.5 Å². The van der Waals surface area contributed by atoms with Crippen molar-refractivity contribution in [2.45, 2.75) is 31.7 Å². The van der Waals surface area contributed by atoms with E-state index in [1.165, 1.54) is 0 Å².